The smallest absolute Gasteiger partial charge is 0.245 e. The van der Waals surface area contributed by atoms with E-state index in [1.54, 1.807) is 0 Å². The molecule has 2 unspecified atom stereocenters. The van der Waals surface area contributed by atoms with E-state index < -0.39 is 6.04 Å². The third-order valence-corrected chi connectivity index (χ3v) is 3.92. The lowest BCUT2D eigenvalue weighted by Crippen LogP contribution is -2.41. The van der Waals surface area contributed by atoms with Crippen LogP contribution in [-0.2, 0) is 14.3 Å². The second-order valence-electron chi connectivity index (χ2n) is 6.04. The summed E-state index contributed by atoms with van der Waals surface area (Å²) in [6, 6.07) is -0.648. The van der Waals surface area contributed by atoms with E-state index in [4.69, 9.17) is 4.74 Å². The number of amides is 2. The largest absolute Gasteiger partial charge is 0.376 e. The van der Waals surface area contributed by atoms with Gasteiger partial charge in [0.15, 0.2) is 5.82 Å². The van der Waals surface area contributed by atoms with E-state index in [-0.39, 0.29) is 30.3 Å². The molecular formula is C14H21N5O3. The fraction of sp³-hybridized carbons (Fsp3) is 0.714. The van der Waals surface area contributed by atoms with Crippen LogP contribution in [0.1, 0.15) is 50.9 Å². The molecule has 0 aromatic carbocycles. The van der Waals surface area contributed by atoms with Crippen LogP contribution in [0.5, 0.6) is 0 Å². The predicted molar refractivity (Wildman–Crippen MR) is 78.4 cm³/mol. The van der Waals surface area contributed by atoms with E-state index in [0.717, 1.165) is 19.4 Å². The molecule has 1 aromatic heterocycles. The third-order valence-electron chi connectivity index (χ3n) is 3.92. The lowest BCUT2D eigenvalue weighted by atomic mass is 10.1. The van der Waals surface area contributed by atoms with Crippen molar-refractivity contribution in [3.63, 3.8) is 0 Å². The SMILES string of the molecule is CC(C)c1nc2n(n1)C(C(=O)NCC1CCCO1)CC(=O)N2. The highest BCUT2D eigenvalue weighted by atomic mass is 16.5. The minimum atomic E-state index is -0.648. The van der Waals surface area contributed by atoms with E-state index in [0.29, 0.717) is 18.3 Å². The molecule has 1 saturated heterocycles. The standard InChI is InChI=1S/C14H21N5O3/c1-8(2)12-17-14-16-11(20)6-10(19(14)18-12)13(21)15-7-9-4-3-5-22-9/h8-10H,3-7H2,1-2H3,(H,15,21)(H,16,17,18,20). The van der Waals surface area contributed by atoms with Gasteiger partial charge in [0.1, 0.15) is 6.04 Å². The van der Waals surface area contributed by atoms with E-state index in [1.165, 1.54) is 4.68 Å². The zero-order valence-electron chi connectivity index (χ0n) is 12.8. The van der Waals surface area contributed by atoms with E-state index in [2.05, 4.69) is 20.7 Å². The van der Waals surface area contributed by atoms with Gasteiger partial charge in [-0.05, 0) is 12.8 Å². The van der Waals surface area contributed by atoms with Gasteiger partial charge in [-0.25, -0.2) is 4.68 Å². The van der Waals surface area contributed by atoms with Crippen molar-refractivity contribution < 1.29 is 14.3 Å². The van der Waals surface area contributed by atoms with Gasteiger partial charge >= 0.3 is 0 Å². The maximum Gasteiger partial charge on any atom is 0.245 e. The first-order valence-corrected chi connectivity index (χ1v) is 7.70. The maximum absolute atomic E-state index is 12.4. The molecule has 2 amide bonds. The second-order valence-corrected chi connectivity index (χ2v) is 6.04. The van der Waals surface area contributed by atoms with Crippen molar-refractivity contribution in [3.05, 3.63) is 5.82 Å². The molecule has 0 bridgehead atoms. The summed E-state index contributed by atoms with van der Waals surface area (Å²) in [5, 5.41) is 9.89. The molecule has 2 N–H and O–H groups in total. The average Bonchev–Trinajstić information content (AvgIpc) is 3.12. The van der Waals surface area contributed by atoms with Crippen LogP contribution in [0.3, 0.4) is 0 Å². The lowest BCUT2D eigenvalue weighted by Gasteiger charge is -2.23. The van der Waals surface area contributed by atoms with Gasteiger partial charge in [0, 0.05) is 19.1 Å². The van der Waals surface area contributed by atoms with Gasteiger partial charge in [-0.3, -0.25) is 14.9 Å². The normalized spacial score (nSPS) is 24.2. The topological polar surface area (TPSA) is 98.1 Å². The fourth-order valence-corrected chi connectivity index (χ4v) is 2.67. The van der Waals surface area contributed by atoms with Crippen LogP contribution in [0.25, 0.3) is 0 Å². The molecule has 22 heavy (non-hydrogen) atoms. The van der Waals surface area contributed by atoms with Crippen LogP contribution in [-0.4, -0.2) is 45.8 Å². The summed E-state index contributed by atoms with van der Waals surface area (Å²) < 4.78 is 7.00. The van der Waals surface area contributed by atoms with Crippen molar-refractivity contribution in [2.75, 3.05) is 18.5 Å². The third kappa shape index (κ3) is 2.96. The maximum atomic E-state index is 12.4. The first-order valence-electron chi connectivity index (χ1n) is 7.70. The summed E-state index contributed by atoms with van der Waals surface area (Å²) in [4.78, 5) is 28.5. The molecule has 2 atom stereocenters. The molecule has 1 fully saturated rings. The summed E-state index contributed by atoms with van der Waals surface area (Å²) in [6.45, 7) is 5.15. The van der Waals surface area contributed by atoms with Gasteiger partial charge in [0.2, 0.25) is 17.8 Å². The number of nitrogens with one attached hydrogen (secondary N) is 2. The Morgan fingerprint density at radius 2 is 2.36 bits per heavy atom. The van der Waals surface area contributed by atoms with Gasteiger partial charge in [-0.2, -0.15) is 10.1 Å². The fourth-order valence-electron chi connectivity index (χ4n) is 2.67. The molecule has 8 heteroatoms. The highest BCUT2D eigenvalue weighted by Gasteiger charge is 2.33. The molecule has 0 saturated carbocycles. The monoisotopic (exact) mass is 307 g/mol. The van der Waals surface area contributed by atoms with Crippen molar-refractivity contribution >= 4 is 17.8 Å². The number of nitrogens with zero attached hydrogens (tertiary/aromatic N) is 3. The minimum absolute atomic E-state index is 0.0720. The Hall–Kier alpha value is -1.96. The van der Waals surface area contributed by atoms with E-state index >= 15 is 0 Å². The minimum Gasteiger partial charge on any atom is -0.376 e. The number of carbonyl (C=O) groups excluding carboxylic acids is 2. The number of hydrogen-bond donors (Lipinski definition) is 2. The van der Waals surface area contributed by atoms with Gasteiger partial charge in [0.25, 0.3) is 0 Å². The Bertz CT molecular complexity index is 577. The Balaban J connectivity index is 1.72. The van der Waals surface area contributed by atoms with Crippen molar-refractivity contribution in [1.29, 1.82) is 0 Å². The molecule has 8 nitrogen and oxygen atoms in total. The predicted octanol–water partition coefficient (Wildman–Crippen LogP) is 0.580. The molecule has 0 spiro atoms. The van der Waals surface area contributed by atoms with Crippen LogP contribution in [0.2, 0.25) is 0 Å². The van der Waals surface area contributed by atoms with Gasteiger partial charge in [0.05, 0.1) is 12.5 Å². The average molecular weight is 307 g/mol. The summed E-state index contributed by atoms with van der Waals surface area (Å²) in [5.41, 5.74) is 0. The van der Waals surface area contributed by atoms with E-state index in [1.807, 2.05) is 13.8 Å². The number of carbonyl (C=O) groups is 2. The number of hydrogen-bond acceptors (Lipinski definition) is 5. The second kappa shape index (κ2) is 6.04. The van der Waals surface area contributed by atoms with Gasteiger partial charge in [-0.15, -0.1) is 0 Å². The Morgan fingerprint density at radius 3 is 3.05 bits per heavy atom. The lowest BCUT2D eigenvalue weighted by molar-refractivity contribution is -0.129. The van der Waals surface area contributed by atoms with Crippen LogP contribution in [0.4, 0.5) is 5.95 Å². The number of ether oxygens (including phenoxy) is 1. The highest BCUT2D eigenvalue weighted by molar-refractivity contribution is 5.96. The molecule has 3 rings (SSSR count). The quantitative estimate of drug-likeness (QED) is 0.848. The van der Waals surface area contributed by atoms with Gasteiger partial charge < -0.3 is 10.1 Å². The number of anilines is 1. The Kier molecular flexibility index (Phi) is 4.10. The Morgan fingerprint density at radius 1 is 1.55 bits per heavy atom. The van der Waals surface area contributed by atoms with Crippen molar-refractivity contribution in [3.8, 4) is 0 Å². The van der Waals surface area contributed by atoms with Crippen LogP contribution in [0, 0.1) is 0 Å². The zero-order valence-corrected chi connectivity index (χ0v) is 12.8. The van der Waals surface area contributed by atoms with Crippen LogP contribution in [0.15, 0.2) is 0 Å². The molecule has 3 heterocycles. The molecule has 120 valence electrons. The van der Waals surface area contributed by atoms with Crippen molar-refractivity contribution in [2.45, 2.75) is 51.2 Å². The molecule has 2 aliphatic rings. The number of rotatable bonds is 4. The van der Waals surface area contributed by atoms with E-state index in [9.17, 15) is 9.59 Å². The number of fused-ring (bicyclic) bond motifs is 1. The molecular weight excluding hydrogens is 286 g/mol. The van der Waals surface area contributed by atoms with Crippen molar-refractivity contribution in [2.24, 2.45) is 0 Å². The first-order chi connectivity index (χ1) is 10.5. The summed E-state index contributed by atoms with van der Waals surface area (Å²) in [5.74, 6) is 0.663. The van der Waals surface area contributed by atoms with Crippen LogP contribution >= 0.6 is 0 Å². The molecule has 0 radical (unpaired) electrons. The summed E-state index contributed by atoms with van der Waals surface area (Å²) in [6.07, 6.45) is 2.13. The van der Waals surface area contributed by atoms with Gasteiger partial charge in [-0.1, -0.05) is 13.8 Å². The molecule has 1 aromatic rings. The summed E-state index contributed by atoms with van der Waals surface area (Å²) >= 11 is 0. The molecule has 0 aliphatic carbocycles. The Labute approximate surface area is 128 Å². The summed E-state index contributed by atoms with van der Waals surface area (Å²) in [7, 11) is 0. The first kappa shape index (κ1) is 15.0. The number of aromatic nitrogens is 3. The highest BCUT2D eigenvalue weighted by Crippen LogP contribution is 2.25. The zero-order chi connectivity index (χ0) is 15.7. The molecule has 2 aliphatic heterocycles. The van der Waals surface area contributed by atoms with Crippen molar-refractivity contribution in [1.82, 2.24) is 20.1 Å². The van der Waals surface area contributed by atoms with Crippen LogP contribution < -0.4 is 10.6 Å².